The Hall–Kier alpha value is -3.61. The highest BCUT2D eigenvalue weighted by atomic mass is 16.5. The molecule has 3 heterocycles. The first-order chi connectivity index (χ1) is 14.0. The van der Waals surface area contributed by atoms with E-state index in [1.807, 2.05) is 19.1 Å². The average molecular weight is 391 g/mol. The first-order valence-electron chi connectivity index (χ1n) is 9.27. The molecule has 0 saturated heterocycles. The number of carbonyl (C=O) groups is 2. The molecule has 29 heavy (non-hydrogen) atoms. The number of carbonyl (C=O) groups excluding carboxylic acids is 2. The highest BCUT2D eigenvalue weighted by molar-refractivity contribution is 5.93. The number of aryl methyl sites for hydroxylation is 1. The van der Waals surface area contributed by atoms with Gasteiger partial charge in [-0.3, -0.25) is 9.97 Å². The van der Waals surface area contributed by atoms with Crippen molar-refractivity contribution in [2.45, 2.75) is 20.8 Å². The molecule has 0 aliphatic rings. The third-order valence-corrected chi connectivity index (χ3v) is 4.05. The Balaban J connectivity index is 2.12. The quantitative estimate of drug-likeness (QED) is 0.589. The number of pyridine rings is 3. The molecule has 3 aromatic heterocycles. The van der Waals surface area contributed by atoms with E-state index in [0.717, 1.165) is 5.56 Å². The molecule has 0 amide bonds. The second-order valence-electron chi connectivity index (χ2n) is 6.22. The number of nitrogens with zero attached hydrogens (tertiary/aromatic N) is 3. The van der Waals surface area contributed by atoms with Crippen molar-refractivity contribution >= 4 is 11.9 Å². The monoisotopic (exact) mass is 391 g/mol. The Morgan fingerprint density at radius 1 is 0.759 bits per heavy atom. The molecule has 0 aliphatic carbocycles. The molecule has 7 nitrogen and oxygen atoms in total. The van der Waals surface area contributed by atoms with E-state index in [0.29, 0.717) is 33.9 Å². The maximum Gasteiger partial charge on any atom is 0.338 e. The lowest BCUT2D eigenvalue weighted by Crippen LogP contribution is -2.07. The van der Waals surface area contributed by atoms with E-state index >= 15 is 0 Å². The Morgan fingerprint density at radius 3 is 1.86 bits per heavy atom. The van der Waals surface area contributed by atoms with Crippen LogP contribution >= 0.6 is 0 Å². The van der Waals surface area contributed by atoms with Crippen LogP contribution in [0.2, 0.25) is 0 Å². The van der Waals surface area contributed by atoms with Crippen LogP contribution in [0.15, 0.2) is 48.8 Å². The van der Waals surface area contributed by atoms with Gasteiger partial charge in [0.2, 0.25) is 0 Å². The minimum Gasteiger partial charge on any atom is -0.462 e. The first kappa shape index (κ1) is 20.1. The zero-order valence-electron chi connectivity index (χ0n) is 16.5. The van der Waals surface area contributed by atoms with E-state index in [9.17, 15) is 9.59 Å². The molecule has 0 aliphatic heterocycles. The van der Waals surface area contributed by atoms with Gasteiger partial charge in [0.15, 0.2) is 0 Å². The molecule has 3 rings (SSSR count). The van der Waals surface area contributed by atoms with Gasteiger partial charge in [-0.05, 0) is 62.7 Å². The maximum atomic E-state index is 12.4. The Labute approximate surface area is 168 Å². The van der Waals surface area contributed by atoms with Crippen molar-refractivity contribution in [3.63, 3.8) is 0 Å². The number of esters is 2. The maximum absolute atomic E-state index is 12.4. The van der Waals surface area contributed by atoms with Gasteiger partial charge in [-0.25, -0.2) is 14.6 Å². The summed E-state index contributed by atoms with van der Waals surface area (Å²) in [6.07, 6.45) is 3.19. The van der Waals surface area contributed by atoms with E-state index in [-0.39, 0.29) is 13.2 Å². The van der Waals surface area contributed by atoms with Gasteiger partial charge in [-0.2, -0.15) is 0 Å². The zero-order chi connectivity index (χ0) is 20.8. The molecule has 0 aromatic carbocycles. The lowest BCUT2D eigenvalue weighted by molar-refractivity contribution is 0.0516. The fraction of sp³-hybridized carbons (Fsp3) is 0.227. The second kappa shape index (κ2) is 9.05. The summed E-state index contributed by atoms with van der Waals surface area (Å²) in [6, 6.07) is 10.1. The first-order valence-corrected chi connectivity index (χ1v) is 9.27. The van der Waals surface area contributed by atoms with E-state index in [2.05, 4.69) is 15.0 Å². The summed E-state index contributed by atoms with van der Waals surface area (Å²) in [5, 5.41) is 0. The molecule has 0 fully saturated rings. The van der Waals surface area contributed by atoms with Gasteiger partial charge in [0.25, 0.3) is 0 Å². The molecule has 0 unspecified atom stereocenters. The summed E-state index contributed by atoms with van der Waals surface area (Å²) >= 11 is 0. The summed E-state index contributed by atoms with van der Waals surface area (Å²) < 4.78 is 10.2. The number of ether oxygens (including phenoxy) is 2. The highest BCUT2D eigenvalue weighted by Gasteiger charge is 2.16. The number of hydrogen-bond donors (Lipinski definition) is 0. The Bertz CT molecular complexity index is 1050. The van der Waals surface area contributed by atoms with E-state index in [1.165, 1.54) is 6.20 Å². The predicted molar refractivity (Wildman–Crippen MR) is 107 cm³/mol. The standard InChI is InChI=1S/C22H21N3O4/c1-4-28-21(26)15-7-9-24-18(11-15)20-13-16(22(27)29-5-2)12-19(25-20)17-10-14(3)6-8-23-17/h6-13H,4-5H2,1-3H3. The minimum absolute atomic E-state index is 0.255. The number of rotatable bonds is 6. The van der Waals surface area contributed by atoms with Gasteiger partial charge in [-0.1, -0.05) is 0 Å². The van der Waals surface area contributed by atoms with Gasteiger partial charge in [0.05, 0.1) is 47.1 Å². The van der Waals surface area contributed by atoms with Crippen molar-refractivity contribution in [3.8, 4) is 22.8 Å². The van der Waals surface area contributed by atoms with Gasteiger partial charge in [0.1, 0.15) is 0 Å². The summed E-state index contributed by atoms with van der Waals surface area (Å²) in [5.41, 5.74) is 3.71. The van der Waals surface area contributed by atoms with Crippen LogP contribution in [0, 0.1) is 6.92 Å². The second-order valence-corrected chi connectivity index (χ2v) is 6.22. The van der Waals surface area contributed by atoms with E-state index in [4.69, 9.17) is 9.47 Å². The van der Waals surface area contributed by atoms with Crippen molar-refractivity contribution in [1.82, 2.24) is 15.0 Å². The van der Waals surface area contributed by atoms with Crippen molar-refractivity contribution in [2.75, 3.05) is 13.2 Å². The predicted octanol–water partition coefficient (Wildman–Crippen LogP) is 3.87. The minimum atomic E-state index is -0.466. The van der Waals surface area contributed by atoms with Gasteiger partial charge < -0.3 is 9.47 Å². The largest absolute Gasteiger partial charge is 0.462 e. The van der Waals surface area contributed by atoms with Crippen LogP contribution < -0.4 is 0 Å². The van der Waals surface area contributed by atoms with Crippen LogP contribution in [-0.4, -0.2) is 40.1 Å². The average Bonchev–Trinajstić information content (AvgIpc) is 2.74. The van der Waals surface area contributed by atoms with Gasteiger partial charge >= 0.3 is 11.9 Å². The molecular weight excluding hydrogens is 370 g/mol. The molecular formula is C22H21N3O4. The fourth-order valence-corrected chi connectivity index (χ4v) is 2.71. The Kier molecular flexibility index (Phi) is 6.29. The third kappa shape index (κ3) is 4.82. The number of hydrogen-bond acceptors (Lipinski definition) is 7. The lowest BCUT2D eigenvalue weighted by Gasteiger charge is -2.09. The summed E-state index contributed by atoms with van der Waals surface area (Å²) in [7, 11) is 0. The molecule has 0 atom stereocenters. The van der Waals surface area contributed by atoms with Crippen LogP contribution in [0.25, 0.3) is 22.8 Å². The van der Waals surface area contributed by atoms with Crippen LogP contribution in [0.3, 0.4) is 0 Å². The van der Waals surface area contributed by atoms with Crippen molar-refractivity contribution < 1.29 is 19.1 Å². The summed E-state index contributed by atoms with van der Waals surface area (Å²) in [6.45, 7) is 5.96. The van der Waals surface area contributed by atoms with E-state index < -0.39 is 11.9 Å². The zero-order valence-corrected chi connectivity index (χ0v) is 16.5. The molecule has 0 bridgehead atoms. The van der Waals surface area contributed by atoms with Gasteiger partial charge in [-0.15, -0.1) is 0 Å². The van der Waals surface area contributed by atoms with Crippen LogP contribution in [0.4, 0.5) is 0 Å². The molecule has 3 aromatic rings. The van der Waals surface area contributed by atoms with Crippen molar-refractivity contribution in [2.24, 2.45) is 0 Å². The summed E-state index contributed by atoms with van der Waals surface area (Å²) in [5.74, 6) is -0.912. The SMILES string of the molecule is CCOC(=O)c1ccnc(-c2cc(C(=O)OCC)cc(-c3cc(C)ccn3)n2)c1. The van der Waals surface area contributed by atoms with E-state index in [1.54, 1.807) is 44.3 Å². The molecule has 0 radical (unpaired) electrons. The van der Waals surface area contributed by atoms with Crippen LogP contribution in [0.5, 0.6) is 0 Å². The van der Waals surface area contributed by atoms with Crippen LogP contribution in [-0.2, 0) is 9.47 Å². The van der Waals surface area contributed by atoms with Crippen LogP contribution in [0.1, 0.15) is 40.1 Å². The van der Waals surface area contributed by atoms with Crippen molar-refractivity contribution in [1.29, 1.82) is 0 Å². The summed E-state index contributed by atoms with van der Waals surface area (Å²) in [4.78, 5) is 37.7. The molecule has 0 saturated carbocycles. The molecule has 0 N–H and O–H groups in total. The molecule has 7 heteroatoms. The van der Waals surface area contributed by atoms with Gasteiger partial charge in [0, 0.05) is 12.4 Å². The lowest BCUT2D eigenvalue weighted by atomic mass is 10.1. The number of aromatic nitrogens is 3. The topological polar surface area (TPSA) is 91.3 Å². The fourth-order valence-electron chi connectivity index (χ4n) is 2.71. The Morgan fingerprint density at radius 2 is 1.28 bits per heavy atom. The normalized spacial score (nSPS) is 10.4. The molecule has 0 spiro atoms. The van der Waals surface area contributed by atoms with Crippen molar-refractivity contribution in [3.05, 3.63) is 65.5 Å². The third-order valence-electron chi connectivity index (χ3n) is 4.05. The highest BCUT2D eigenvalue weighted by Crippen LogP contribution is 2.24. The smallest absolute Gasteiger partial charge is 0.338 e. The molecule has 148 valence electrons.